The van der Waals surface area contributed by atoms with E-state index in [1.165, 1.54) is 48.7 Å². The van der Waals surface area contributed by atoms with E-state index in [9.17, 15) is 0 Å². The molecule has 3 aliphatic carbocycles. The van der Waals surface area contributed by atoms with Crippen LogP contribution in [0.2, 0.25) is 0 Å². The van der Waals surface area contributed by atoms with Gasteiger partial charge in [0.15, 0.2) is 0 Å². The first kappa shape index (κ1) is 13.3. The summed E-state index contributed by atoms with van der Waals surface area (Å²) in [5.41, 5.74) is 1.52. The van der Waals surface area contributed by atoms with Crippen molar-refractivity contribution in [2.75, 3.05) is 6.54 Å². The summed E-state index contributed by atoms with van der Waals surface area (Å²) in [5.74, 6) is 3.94. The Balaban J connectivity index is 1.22. The Kier molecular flexibility index (Phi) is 3.64. The van der Waals surface area contributed by atoms with Crippen molar-refractivity contribution in [3.63, 3.8) is 0 Å². The Hall–Kier alpha value is -0.340. The van der Waals surface area contributed by atoms with Crippen LogP contribution in [0.25, 0.3) is 0 Å². The van der Waals surface area contributed by atoms with Crippen LogP contribution in [0.5, 0.6) is 0 Å². The molecule has 3 aliphatic rings. The number of hydrogen-bond acceptors (Lipinski definition) is 1. The average Bonchev–Trinajstić information content (AvgIpc) is 3.01. The first-order chi connectivity index (χ1) is 9.78. The molecule has 2 bridgehead atoms. The van der Waals surface area contributed by atoms with Gasteiger partial charge in [0, 0.05) is 10.5 Å². The van der Waals surface area contributed by atoms with Crippen LogP contribution in [0, 0.1) is 17.8 Å². The quantitative estimate of drug-likeness (QED) is 0.840. The number of nitrogens with one attached hydrogen (secondary N) is 1. The molecule has 1 aromatic rings. The lowest BCUT2D eigenvalue weighted by molar-refractivity contribution is 0.247. The Morgan fingerprint density at radius 2 is 1.80 bits per heavy atom. The van der Waals surface area contributed by atoms with E-state index >= 15 is 0 Å². The van der Waals surface area contributed by atoms with Gasteiger partial charge in [-0.2, -0.15) is 0 Å². The van der Waals surface area contributed by atoms with Crippen LogP contribution in [0.15, 0.2) is 28.7 Å². The summed E-state index contributed by atoms with van der Waals surface area (Å²) in [7, 11) is 0. The van der Waals surface area contributed by atoms with Gasteiger partial charge in [-0.15, -0.1) is 0 Å². The van der Waals surface area contributed by atoms with E-state index in [0.29, 0.717) is 0 Å². The molecule has 3 atom stereocenters. The summed E-state index contributed by atoms with van der Waals surface area (Å²) in [6.07, 6.45) is 8.77. The van der Waals surface area contributed by atoms with Crippen LogP contribution >= 0.6 is 15.9 Å². The normalized spacial score (nSPS) is 39.0. The van der Waals surface area contributed by atoms with Crippen LogP contribution in [-0.2, 0) is 0 Å². The molecule has 3 unspecified atom stereocenters. The first-order valence-electron chi connectivity index (χ1n) is 8.27. The topological polar surface area (TPSA) is 12.0 Å². The molecule has 0 aromatic heterocycles. The molecule has 0 aliphatic heterocycles. The largest absolute Gasteiger partial charge is 0.314 e. The van der Waals surface area contributed by atoms with Gasteiger partial charge in [0.05, 0.1) is 0 Å². The number of fused-ring (bicyclic) bond motifs is 2. The predicted molar refractivity (Wildman–Crippen MR) is 86.8 cm³/mol. The third-order valence-electron chi connectivity index (χ3n) is 6.03. The summed E-state index contributed by atoms with van der Waals surface area (Å²) >= 11 is 3.51. The third kappa shape index (κ3) is 2.57. The van der Waals surface area contributed by atoms with Gasteiger partial charge in [0.2, 0.25) is 0 Å². The van der Waals surface area contributed by atoms with Crippen LogP contribution in [0.4, 0.5) is 0 Å². The highest BCUT2D eigenvalue weighted by Gasteiger charge is 2.40. The third-order valence-corrected chi connectivity index (χ3v) is 6.56. The fourth-order valence-corrected chi connectivity index (χ4v) is 5.00. The van der Waals surface area contributed by atoms with Crippen LogP contribution in [0.1, 0.15) is 50.0 Å². The lowest BCUT2D eigenvalue weighted by Gasteiger charge is -2.37. The van der Waals surface area contributed by atoms with Gasteiger partial charge >= 0.3 is 0 Å². The molecule has 1 aromatic carbocycles. The highest BCUT2D eigenvalue weighted by Crippen LogP contribution is 2.48. The monoisotopic (exact) mass is 333 g/mol. The highest BCUT2D eigenvalue weighted by molar-refractivity contribution is 9.10. The van der Waals surface area contributed by atoms with Crippen molar-refractivity contribution in [2.45, 2.75) is 50.5 Å². The van der Waals surface area contributed by atoms with Crippen LogP contribution < -0.4 is 5.32 Å². The minimum atomic E-state index is 0.780. The van der Waals surface area contributed by atoms with Crippen molar-refractivity contribution in [3.8, 4) is 0 Å². The molecular formula is C18H24BrN. The van der Waals surface area contributed by atoms with E-state index in [2.05, 4.69) is 45.5 Å². The maximum Gasteiger partial charge on any atom is 0.0175 e. The summed E-state index contributed by atoms with van der Waals surface area (Å²) in [6.45, 7) is 1.29. The van der Waals surface area contributed by atoms with E-state index in [1.807, 2.05) is 0 Å². The molecule has 3 saturated carbocycles. The molecule has 1 N–H and O–H groups in total. The van der Waals surface area contributed by atoms with Gasteiger partial charge in [-0.3, -0.25) is 0 Å². The summed E-state index contributed by atoms with van der Waals surface area (Å²) in [5, 5.41) is 3.85. The van der Waals surface area contributed by atoms with Gasteiger partial charge in [-0.05, 0) is 80.0 Å². The Morgan fingerprint density at radius 1 is 1.00 bits per heavy atom. The van der Waals surface area contributed by atoms with Crippen LogP contribution in [-0.4, -0.2) is 12.6 Å². The summed E-state index contributed by atoms with van der Waals surface area (Å²) in [6, 6.07) is 9.68. The summed E-state index contributed by atoms with van der Waals surface area (Å²) in [4.78, 5) is 0. The predicted octanol–water partition coefficient (Wildman–Crippen LogP) is 4.72. The minimum Gasteiger partial charge on any atom is -0.314 e. The zero-order valence-corrected chi connectivity index (χ0v) is 13.6. The van der Waals surface area contributed by atoms with Crippen molar-refractivity contribution in [1.82, 2.24) is 5.32 Å². The first-order valence-corrected chi connectivity index (χ1v) is 9.06. The maximum atomic E-state index is 3.85. The summed E-state index contributed by atoms with van der Waals surface area (Å²) < 4.78 is 1.19. The van der Waals surface area contributed by atoms with Gasteiger partial charge in [-0.1, -0.05) is 34.5 Å². The van der Waals surface area contributed by atoms with Crippen molar-refractivity contribution >= 4 is 15.9 Å². The zero-order chi connectivity index (χ0) is 13.5. The van der Waals surface area contributed by atoms with Gasteiger partial charge in [0.25, 0.3) is 0 Å². The molecule has 0 heterocycles. The maximum absolute atomic E-state index is 3.85. The fourth-order valence-electron chi connectivity index (χ4n) is 4.74. The van der Waals surface area contributed by atoms with E-state index in [0.717, 1.165) is 29.7 Å². The molecule has 0 radical (unpaired) electrons. The average molecular weight is 334 g/mol. The molecule has 4 rings (SSSR count). The number of rotatable bonds is 4. The van der Waals surface area contributed by atoms with Gasteiger partial charge < -0.3 is 5.32 Å². The number of benzene rings is 1. The fraction of sp³-hybridized carbons (Fsp3) is 0.667. The smallest absolute Gasteiger partial charge is 0.0175 e. The van der Waals surface area contributed by atoms with E-state index < -0.39 is 0 Å². The van der Waals surface area contributed by atoms with Crippen LogP contribution in [0.3, 0.4) is 0 Å². The lowest BCUT2D eigenvalue weighted by Crippen LogP contribution is -2.42. The zero-order valence-electron chi connectivity index (χ0n) is 12.0. The highest BCUT2D eigenvalue weighted by atomic mass is 79.9. The van der Waals surface area contributed by atoms with E-state index in [4.69, 9.17) is 0 Å². The van der Waals surface area contributed by atoms with Crippen molar-refractivity contribution in [2.24, 2.45) is 17.8 Å². The Bertz CT molecular complexity index is 463. The van der Waals surface area contributed by atoms with Crippen molar-refractivity contribution < 1.29 is 0 Å². The molecule has 1 nitrogen and oxygen atoms in total. The van der Waals surface area contributed by atoms with Gasteiger partial charge in [0.1, 0.15) is 0 Å². The van der Waals surface area contributed by atoms with E-state index in [-0.39, 0.29) is 0 Å². The van der Waals surface area contributed by atoms with Crippen molar-refractivity contribution in [3.05, 3.63) is 34.3 Å². The second-order valence-corrected chi connectivity index (χ2v) is 8.18. The Labute approximate surface area is 130 Å². The Morgan fingerprint density at radius 3 is 2.45 bits per heavy atom. The molecule has 20 heavy (non-hydrogen) atoms. The molecule has 2 heteroatoms. The van der Waals surface area contributed by atoms with E-state index in [1.54, 1.807) is 6.42 Å². The second kappa shape index (κ2) is 5.46. The molecule has 0 spiro atoms. The molecule has 0 amide bonds. The molecule has 0 saturated heterocycles. The molecule has 108 valence electrons. The minimum absolute atomic E-state index is 0.780. The van der Waals surface area contributed by atoms with Crippen molar-refractivity contribution in [1.29, 1.82) is 0 Å². The van der Waals surface area contributed by atoms with Gasteiger partial charge in [-0.25, -0.2) is 0 Å². The number of halogens is 1. The SMILES string of the molecule is Brc1ccc(C2CC(NCC3CC4CCC3C4)C2)cc1. The standard InChI is InChI=1S/C18H24BrN/c19-17-5-3-13(4-6-17)15-9-18(10-15)20-11-16-8-12-1-2-14(16)7-12/h3-6,12,14-16,18,20H,1-2,7-11H2. The second-order valence-electron chi connectivity index (χ2n) is 7.26. The number of hydrogen-bond donors (Lipinski definition) is 1. The lowest BCUT2D eigenvalue weighted by atomic mass is 9.75. The molecule has 3 fully saturated rings. The molecular weight excluding hydrogens is 310 g/mol.